The number of hydrogen-bond donors (Lipinski definition) is 1. The molecule has 0 radical (unpaired) electrons. The molecule has 1 aliphatic heterocycles. The van der Waals surface area contributed by atoms with E-state index < -0.39 is 6.03 Å². The third kappa shape index (κ3) is 4.76. The van der Waals surface area contributed by atoms with Crippen LogP contribution in [-0.4, -0.2) is 35.4 Å². The molecular formula is C30H26FN3O4. The Balaban J connectivity index is 1.73. The molecule has 0 saturated heterocycles. The van der Waals surface area contributed by atoms with Crippen LogP contribution in [0, 0.1) is 5.82 Å². The normalized spacial score (nSPS) is 13.2. The van der Waals surface area contributed by atoms with E-state index in [1.807, 2.05) is 53.1 Å². The summed E-state index contributed by atoms with van der Waals surface area (Å²) in [6, 6.07) is 20.7. The van der Waals surface area contributed by atoms with Crippen LogP contribution >= 0.6 is 0 Å². The molecule has 2 N–H and O–H groups in total. The maximum Gasteiger partial charge on any atom is 0.319 e. The number of aldehydes is 1. The molecule has 192 valence electrons. The van der Waals surface area contributed by atoms with E-state index in [1.165, 1.54) is 17.0 Å². The Morgan fingerprint density at radius 1 is 1.05 bits per heavy atom. The van der Waals surface area contributed by atoms with Crippen LogP contribution in [0.15, 0.2) is 90.5 Å². The summed E-state index contributed by atoms with van der Waals surface area (Å²) in [5.41, 5.74) is 9.49. The van der Waals surface area contributed by atoms with E-state index in [2.05, 4.69) is 0 Å². The number of carbonyl (C=O) groups excluding carboxylic acids is 2. The Morgan fingerprint density at radius 2 is 1.84 bits per heavy atom. The molecule has 8 heteroatoms. The summed E-state index contributed by atoms with van der Waals surface area (Å²) in [6.45, 7) is 0.755. The zero-order valence-corrected chi connectivity index (χ0v) is 20.8. The van der Waals surface area contributed by atoms with Gasteiger partial charge in [-0.25, -0.2) is 9.18 Å². The monoisotopic (exact) mass is 511 g/mol. The second kappa shape index (κ2) is 10.6. The van der Waals surface area contributed by atoms with E-state index in [0.29, 0.717) is 41.3 Å². The van der Waals surface area contributed by atoms with Crippen LogP contribution in [0.2, 0.25) is 0 Å². The van der Waals surface area contributed by atoms with E-state index in [-0.39, 0.29) is 19.0 Å². The van der Waals surface area contributed by atoms with Gasteiger partial charge in [-0.2, -0.15) is 0 Å². The van der Waals surface area contributed by atoms with Crippen molar-refractivity contribution in [1.29, 1.82) is 0 Å². The summed E-state index contributed by atoms with van der Waals surface area (Å²) in [4.78, 5) is 26.1. The third-order valence-corrected chi connectivity index (χ3v) is 6.44. The lowest BCUT2D eigenvalue weighted by Crippen LogP contribution is -2.37. The van der Waals surface area contributed by atoms with Crippen molar-refractivity contribution in [3.05, 3.63) is 113 Å². The molecule has 7 nitrogen and oxygen atoms in total. The second-order valence-electron chi connectivity index (χ2n) is 8.82. The Kier molecular flexibility index (Phi) is 6.95. The van der Waals surface area contributed by atoms with Crippen LogP contribution < -0.4 is 15.2 Å². The van der Waals surface area contributed by atoms with E-state index in [9.17, 15) is 14.0 Å². The summed E-state index contributed by atoms with van der Waals surface area (Å²) < 4.78 is 27.4. The van der Waals surface area contributed by atoms with E-state index in [0.717, 1.165) is 22.0 Å². The highest BCUT2D eigenvalue weighted by molar-refractivity contribution is 6.02. The standard InChI is InChI=1S/C30H26FN3O4/c1-37-24-8-4-6-21(16-24)19-38-29-25-9-2-3-10-26(25)34(17-20-11-13-23(31)14-12-20)28(29)27-22(18-35)7-5-15-33(27)30(32)36/h2-14,16,18H,15,17,19H2,1H3,(H2,32,36). The smallest absolute Gasteiger partial charge is 0.319 e. The number of nitrogens with two attached hydrogens (primary N) is 1. The highest BCUT2D eigenvalue weighted by Gasteiger charge is 2.30. The molecule has 0 spiro atoms. The van der Waals surface area contributed by atoms with Crippen molar-refractivity contribution in [2.24, 2.45) is 5.73 Å². The molecule has 3 aromatic carbocycles. The lowest BCUT2D eigenvalue weighted by Gasteiger charge is -2.28. The summed E-state index contributed by atoms with van der Waals surface area (Å²) in [7, 11) is 1.60. The van der Waals surface area contributed by atoms with E-state index in [4.69, 9.17) is 15.2 Å². The Labute approximate surface area is 219 Å². The predicted molar refractivity (Wildman–Crippen MR) is 143 cm³/mol. The number of aromatic nitrogens is 1. The van der Waals surface area contributed by atoms with Crippen LogP contribution in [0.5, 0.6) is 11.5 Å². The van der Waals surface area contributed by atoms with Gasteiger partial charge in [0.25, 0.3) is 0 Å². The van der Waals surface area contributed by atoms with Crippen molar-refractivity contribution in [3.63, 3.8) is 0 Å². The number of hydrogen-bond acceptors (Lipinski definition) is 4. The summed E-state index contributed by atoms with van der Waals surface area (Å²) in [5.74, 6) is 0.867. The number of rotatable bonds is 8. The van der Waals surface area contributed by atoms with Gasteiger partial charge in [-0.3, -0.25) is 9.69 Å². The van der Waals surface area contributed by atoms with Crippen molar-refractivity contribution >= 4 is 28.9 Å². The number of ether oxygens (including phenoxy) is 2. The first-order valence-corrected chi connectivity index (χ1v) is 12.0. The van der Waals surface area contributed by atoms with Gasteiger partial charge in [-0.05, 0) is 47.5 Å². The molecule has 0 fully saturated rings. The number of urea groups is 1. The highest BCUT2D eigenvalue weighted by atomic mass is 19.1. The molecule has 0 saturated carbocycles. The second-order valence-corrected chi connectivity index (χ2v) is 8.82. The minimum Gasteiger partial charge on any atom is -0.497 e. The summed E-state index contributed by atoms with van der Waals surface area (Å²) in [5, 5.41) is 0.796. The maximum absolute atomic E-state index is 13.7. The van der Waals surface area contributed by atoms with Gasteiger partial charge in [0.2, 0.25) is 0 Å². The fourth-order valence-electron chi connectivity index (χ4n) is 4.68. The minimum absolute atomic E-state index is 0.204. The first-order chi connectivity index (χ1) is 18.5. The topological polar surface area (TPSA) is 86.8 Å². The molecule has 38 heavy (non-hydrogen) atoms. The van der Waals surface area contributed by atoms with Gasteiger partial charge >= 0.3 is 6.03 Å². The first-order valence-electron chi connectivity index (χ1n) is 12.0. The third-order valence-electron chi connectivity index (χ3n) is 6.44. The molecule has 4 aromatic rings. The zero-order valence-electron chi connectivity index (χ0n) is 20.8. The molecule has 0 aliphatic carbocycles. The lowest BCUT2D eigenvalue weighted by atomic mass is 10.1. The lowest BCUT2D eigenvalue weighted by molar-refractivity contribution is -0.104. The fraction of sp³-hybridized carbons (Fsp3) is 0.133. The van der Waals surface area contributed by atoms with Crippen LogP contribution in [0.3, 0.4) is 0 Å². The van der Waals surface area contributed by atoms with Gasteiger partial charge in [-0.15, -0.1) is 0 Å². The molecule has 0 bridgehead atoms. The number of halogens is 1. The highest BCUT2D eigenvalue weighted by Crippen LogP contribution is 2.41. The van der Waals surface area contributed by atoms with Crippen LogP contribution in [0.4, 0.5) is 9.18 Å². The number of nitrogens with zero attached hydrogens (tertiary/aromatic N) is 2. The number of benzene rings is 3. The number of allylic oxidation sites excluding steroid dienone is 2. The number of carbonyl (C=O) groups is 2. The van der Waals surface area contributed by atoms with E-state index >= 15 is 0 Å². The largest absolute Gasteiger partial charge is 0.497 e. The Hall–Kier alpha value is -4.85. The average molecular weight is 512 g/mol. The number of primary amides is 1. The van der Waals surface area contributed by atoms with E-state index in [1.54, 1.807) is 31.4 Å². The molecule has 5 rings (SSSR count). The predicted octanol–water partition coefficient (Wildman–Crippen LogP) is 5.28. The molecule has 0 atom stereocenters. The minimum atomic E-state index is -0.693. The van der Waals surface area contributed by atoms with Crippen LogP contribution in [0.1, 0.15) is 16.8 Å². The van der Waals surface area contributed by atoms with Crippen LogP contribution in [0.25, 0.3) is 16.6 Å². The Morgan fingerprint density at radius 3 is 2.58 bits per heavy atom. The SMILES string of the molecule is COc1cccc(COc2c(C3=C(C=O)C=CCN3C(N)=O)n(Cc3ccc(F)cc3)c3ccccc23)c1. The van der Waals surface area contributed by atoms with Crippen molar-refractivity contribution in [3.8, 4) is 11.5 Å². The van der Waals surface area contributed by atoms with Crippen molar-refractivity contribution in [2.75, 3.05) is 13.7 Å². The molecule has 0 unspecified atom stereocenters. The molecule has 2 heterocycles. The molecule has 1 aromatic heterocycles. The maximum atomic E-state index is 13.7. The van der Waals surface area contributed by atoms with Crippen molar-refractivity contribution in [1.82, 2.24) is 9.47 Å². The average Bonchev–Trinajstić information content (AvgIpc) is 3.25. The zero-order chi connectivity index (χ0) is 26.6. The van der Waals surface area contributed by atoms with Gasteiger partial charge < -0.3 is 19.8 Å². The molecule has 2 amide bonds. The quantitative estimate of drug-likeness (QED) is 0.326. The van der Waals surface area contributed by atoms with Gasteiger partial charge in [0.15, 0.2) is 12.0 Å². The molecule has 1 aliphatic rings. The number of methoxy groups -OCH3 is 1. The van der Waals surface area contributed by atoms with Crippen LogP contribution in [-0.2, 0) is 17.9 Å². The number of para-hydroxylation sites is 1. The fourth-order valence-corrected chi connectivity index (χ4v) is 4.68. The van der Waals surface area contributed by atoms with Gasteiger partial charge in [0.1, 0.15) is 23.9 Å². The molecular weight excluding hydrogens is 485 g/mol. The van der Waals surface area contributed by atoms with Crippen molar-refractivity contribution in [2.45, 2.75) is 13.2 Å². The summed E-state index contributed by atoms with van der Waals surface area (Å²) >= 11 is 0. The number of amides is 2. The van der Waals surface area contributed by atoms with Gasteiger partial charge in [0.05, 0.1) is 18.3 Å². The number of fused-ring (bicyclic) bond motifs is 1. The summed E-state index contributed by atoms with van der Waals surface area (Å²) in [6.07, 6.45) is 4.09. The Bertz CT molecular complexity index is 1570. The van der Waals surface area contributed by atoms with Crippen molar-refractivity contribution < 1.29 is 23.5 Å². The van der Waals surface area contributed by atoms with Gasteiger partial charge in [0, 0.05) is 24.0 Å². The first kappa shape index (κ1) is 24.8. The van der Waals surface area contributed by atoms with Gasteiger partial charge in [-0.1, -0.05) is 48.6 Å².